The van der Waals surface area contributed by atoms with Gasteiger partial charge < -0.3 is 9.47 Å². The van der Waals surface area contributed by atoms with Crippen molar-refractivity contribution in [2.75, 3.05) is 14.2 Å². The predicted molar refractivity (Wildman–Crippen MR) is 70.1 cm³/mol. The molecule has 5 heteroatoms. The van der Waals surface area contributed by atoms with Crippen LogP contribution in [0.2, 0.25) is 0 Å². The van der Waals surface area contributed by atoms with E-state index in [1.807, 2.05) is 24.3 Å². The molecule has 0 saturated heterocycles. The highest BCUT2D eigenvalue weighted by molar-refractivity contribution is 9.10. The summed E-state index contributed by atoms with van der Waals surface area (Å²) in [4.78, 5) is 22.7. The molecule has 0 amide bonds. The lowest BCUT2D eigenvalue weighted by Gasteiger charge is -2.15. The number of rotatable bonds is 5. The summed E-state index contributed by atoms with van der Waals surface area (Å²) < 4.78 is 10.2. The van der Waals surface area contributed by atoms with Crippen molar-refractivity contribution in [2.24, 2.45) is 0 Å². The third-order valence-electron chi connectivity index (χ3n) is 2.62. The number of hydrogen-bond donors (Lipinski definition) is 0. The monoisotopic (exact) mass is 314 g/mol. The first-order chi connectivity index (χ1) is 8.56. The van der Waals surface area contributed by atoms with Gasteiger partial charge in [-0.1, -0.05) is 28.1 Å². The van der Waals surface area contributed by atoms with Gasteiger partial charge in [-0.2, -0.15) is 0 Å². The molecule has 98 valence electrons. The lowest BCUT2D eigenvalue weighted by molar-refractivity contribution is -0.143. The van der Waals surface area contributed by atoms with E-state index in [2.05, 4.69) is 25.4 Å². The average molecular weight is 315 g/mol. The normalized spacial score (nSPS) is 10.2. The lowest BCUT2D eigenvalue weighted by Crippen LogP contribution is -2.13. The van der Waals surface area contributed by atoms with Crippen molar-refractivity contribution in [3.05, 3.63) is 34.3 Å². The summed E-state index contributed by atoms with van der Waals surface area (Å²) in [5, 5.41) is 0. The van der Waals surface area contributed by atoms with Crippen LogP contribution < -0.4 is 0 Å². The van der Waals surface area contributed by atoms with Gasteiger partial charge in [0.05, 0.1) is 27.1 Å². The molecule has 0 fully saturated rings. The number of halogens is 1. The largest absolute Gasteiger partial charge is 0.469 e. The highest BCUT2D eigenvalue weighted by Gasteiger charge is 2.20. The molecule has 0 aliphatic heterocycles. The Kier molecular flexibility index (Phi) is 5.85. The van der Waals surface area contributed by atoms with Crippen LogP contribution in [0.25, 0.3) is 0 Å². The Morgan fingerprint density at radius 2 is 1.50 bits per heavy atom. The molecule has 0 aromatic heterocycles. The fourth-order valence-corrected chi connectivity index (χ4v) is 1.88. The van der Waals surface area contributed by atoms with E-state index in [1.165, 1.54) is 14.2 Å². The minimum atomic E-state index is -0.341. The Labute approximate surface area is 114 Å². The molecule has 0 heterocycles. The molecule has 4 nitrogen and oxygen atoms in total. The van der Waals surface area contributed by atoms with E-state index in [1.54, 1.807) is 0 Å². The van der Waals surface area contributed by atoms with Gasteiger partial charge in [0.15, 0.2) is 0 Å². The summed E-state index contributed by atoms with van der Waals surface area (Å²) in [6, 6.07) is 7.50. The summed E-state index contributed by atoms with van der Waals surface area (Å²) in [5.41, 5.74) is 0.911. The molecule has 0 aliphatic carbocycles. The van der Waals surface area contributed by atoms with Crippen LogP contribution in [0.3, 0.4) is 0 Å². The maximum absolute atomic E-state index is 11.3. The minimum Gasteiger partial charge on any atom is -0.469 e. The molecule has 0 aliphatic rings. The van der Waals surface area contributed by atoms with Gasteiger partial charge in [-0.25, -0.2) is 0 Å². The number of esters is 2. The number of benzene rings is 1. The van der Waals surface area contributed by atoms with E-state index >= 15 is 0 Å². The first-order valence-electron chi connectivity index (χ1n) is 5.46. The molecular weight excluding hydrogens is 300 g/mol. The van der Waals surface area contributed by atoms with Crippen molar-refractivity contribution in [1.29, 1.82) is 0 Å². The molecular formula is C13H15BrO4. The van der Waals surface area contributed by atoms with Gasteiger partial charge in [0, 0.05) is 10.4 Å². The van der Waals surface area contributed by atoms with Crippen LogP contribution in [-0.2, 0) is 19.1 Å². The van der Waals surface area contributed by atoms with Gasteiger partial charge >= 0.3 is 11.9 Å². The third kappa shape index (κ3) is 4.49. The fourth-order valence-electron chi connectivity index (χ4n) is 1.61. The van der Waals surface area contributed by atoms with Crippen LogP contribution in [0.15, 0.2) is 28.7 Å². The number of methoxy groups -OCH3 is 2. The summed E-state index contributed by atoms with van der Waals surface area (Å²) in [6.07, 6.45) is 0.320. The first kappa shape index (κ1) is 14.7. The summed E-state index contributed by atoms with van der Waals surface area (Å²) in [6.45, 7) is 0. The number of hydrogen-bond acceptors (Lipinski definition) is 4. The van der Waals surface area contributed by atoms with Gasteiger partial charge in [-0.3, -0.25) is 9.59 Å². The Hall–Kier alpha value is -1.36. The standard InChI is InChI=1S/C13H15BrO4/c1-17-12(15)7-10(8-13(16)18-2)9-3-5-11(14)6-4-9/h3-6,10H,7-8H2,1-2H3. The lowest BCUT2D eigenvalue weighted by atomic mass is 9.92. The van der Waals surface area contributed by atoms with Gasteiger partial charge in [0.25, 0.3) is 0 Å². The van der Waals surface area contributed by atoms with Gasteiger partial charge in [0.2, 0.25) is 0 Å². The van der Waals surface area contributed by atoms with E-state index in [9.17, 15) is 9.59 Å². The van der Waals surface area contributed by atoms with Crippen molar-refractivity contribution in [1.82, 2.24) is 0 Å². The molecule has 1 rings (SSSR count). The second-order valence-electron chi connectivity index (χ2n) is 3.81. The molecule has 0 spiro atoms. The van der Waals surface area contributed by atoms with Crippen LogP contribution >= 0.6 is 15.9 Å². The van der Waals surface area contributed by atoms with Crippen LogP contribution in [0.5, 0.6) is 0 Å². The Bertz CT molecular complexity index is 396. The topological polar surface area (TPSA) is 52.6 Å². The molecule has 1 aromatic carbocycles. The molecule has 0 N–H and O–H groups in total. The zero-order valence-corrected chi connectivity index (χ0v) is 11.9. The van der Waals surface area contributed by atoms with E-state index in [0.717, 1.165) is 10.0 Å². The van der Waals surface area contributed by atoms with Gasteiger partial charge in [0.1, 0.15) is 0 Å². The van der Waals surface area contributed by atoms with Crippen LogP contribution in [-0.4, -0.2) is 26.2 Å². The highest BCUT2D eigenvalue weighted by Crippen LogP contribution is 2.25. The molecule has 0 bridgehead atoms. The highest BCUT2D eigenvalue weighted by atomic mass is 79.9. The van der Waals surface area contributed by atoms with Crippen molar-refractivity contribution in [2.45, 2.75) is 18.8 Å². The van der Waals surface area contributed by atoms with E-state index in [-0.39, 0.29) is 30.7 Å². The van der Waals surface area contributed by atoms with Crippen molar-refractivity contribution < 1.29 is 19.1 Å². The quantitative estimate of drug-likeness (QED) is 0.784. The second-order valence-corrected chi connectivity index (χ2v) is 4.72. The van der Waals surface area contributed by atoms with E-state index < -0.39 is 0 Å². The maximum atomic E-state index is 11.3. The van der Waals surface area contributed by atoms with Crippen molar-refractivity contribution in [3.63, 3.8) is 0 Å². The Morgan fingerprint density at radius 3 is 1.89 bits per heavy atom. The van der Waals surface area contributed by atoms with Crippen molar-refractivity contribution >= 4 is 27.9 Å². The van der Waals surface area contributed by atoms with E-state index in [0.29, 0.717) is 0 Å². The second kappa shape index (κ2) is 7.16. The zero-order chi connectivity index (χ0) is 13.5. The molecule has 0 unspecified atom stereocenters. The summed E-state index contributed by atoms with van der Waals surface area (Å²) in [7, 11) is 2.66. The van der Waals surface area contributed by atoms with Crippen molar-refractivity contribution in [3.8, 4) is 0 Å². The Balaban J connectivity index is 2.85. The van der Waals surface area contributed by atoms with Crippen LogP contribution in [0.4, 0.5) is 0 Å². The summed E-state index contributed by atoms with van der Waals surface area (Å²) >= 11 is 3.34. The van der Waals surface area contributed by atoms with Crippen LogP contribution in [0.1, 0.15) is 24.3 Å². The first-order valence-corrected chi connectivity index (χ1v) is 6.25. The number of carbonyl (C=O) groups is 2. The molecule has 1 aromatic rings. The number of carbonyl (C=O) groups excluding carboxylic acids is 2. The minimum absolute atomic E-state index is 0.160. The number of ether oxygens (including phenoxy) is 2. The molecule has 18 heavy (non-hydrogen) atoms. The predicted octanol–water partition coefficient (Wildman–Crippen LogP) is 2.66. The SMILES string of the molecule is COC(=O)CC(CC(=O)OC)c1ccc(Br)cc1. The van der Waals surface area contributed by atoms with Gasteiger partial charge in [-0.05, 0) is 17.7 Å². The average Bonchev–Trinajstić information content (AvgIpc) is 2.38. The van der Waals surface area contributed by atoms with Crippen LogP contribution in [0, 0.1) is 0 Å². The fraction of sp³-hybridized carbons (Fsp3) is 0.385. The Morgan fingerprint density at radius 1 is 1.06 bits per heavy atom. The third-order valence-corrected chi connectivity index (χ3v) is 3.15. The summed E-state index contributed by atoms with van der Waals surface area (Å²) in [5.74, 6) is -0.906. The maximum Gasteiger partial charge on any atom is 0.306 e. The van der Waals surface area contributed by atoms with Gasteiger partial charge in [-0.15, -0.1) is 0 Å². The molecule has 0 saturated carbocycles. The van der Waals surface area contributed by atoms with E-state index in [4.69, 9.17) is 0 Å². The molecule has 0 radical (unpaired) electrons. The molecule has 0 atom stereocenters. The smallest absolute Gasteiger partial charge is 0.306 e. The zero-order valence-electron chi connectivity index (χ0n) is 10.3.